The van der Waals surface area contributed by atoms with Gasteiger partial charge in [-0.2, -0.15) is 0 Å². The highest BCUT2D eigenvalue weighted by molar-refractivity contribution is 5.13. The van der Waals surface area contributed by atoms with Gasteiger partial charge in [0, 0.05) is 25.3 Å². The van der Waals surface area contributed by atoms with Crippen LogP contribution in [0.15, 0.2) is 18.3 Å². The molecule has 0 bridgehead atoms. The molecule has 18 heavy (non-hydrogen) atoms. The van der Waals surface area contributed by atoms with Crippen LogP contribution >= 0.6 is 0 Å². The zero-order valence-corrected chi connectivity index (χ0v) is 11.4. The molecule has 2 saturated heterocycles. The Kier molecular flexibility index (Phi) is 3.35. The fourth-order valence-electron chi connectivity index (χ4n) is 3.65. The van der Waals surface area contributed by atoms with Crippen molar-refractivity contribution < 1.29 is 0 Å². The minimum Gasteiger partial charge on any atom is -0.316 e. The van der Waals surface area contributed by atoms with E-state index in [1.54, 1.807) is 0 Å². The molecule has 1 aromatic heterocycles. The highest BCUT2D eigenvalue weighted by Crippen LogP contribution is 2.34. The number of pyridine rings is 1. The third-order valence-corrected chi connectivity index (χ3v) is 4.58. The molecule has 3 heteroatoms. The second kappa shape index (κ2) is 4.98. The van der Waals surface area contributed by atoms with Gasteiger partial charge in [-0.3, -0.25) is 9.88 Å². The molecule has 3 nitrogen and oxygen atoms in total. The summed E-state index contributed by atoms with van der Waals surface area (Å²) in [5, 5.41) is 3.54. The van der Waals surface area contributed by atoms with E-state index in [0.717, 1.165) is 24.4 Å². The van der Waals surface area contributed by atoms with Gasteiger partial charge in [-0.15, -0.1) is 0 Å². The van der Waals surface area contributed by atoms with Crippen molar-refractivity contribution in [3.63, 3.8) is 0 Å². The highest BCUT2D eigenvalue weighted by Gasteiger charge is 2.42. The number of aromatic nitrogens is 1. The normalized spacial score (nSPS) is 31.8. The number of nitrogens with zero attached hydrogens (tertiary/aromatic N) is 2. The van der Waals surface area contributed by atoms with Crippen LogP contribution in [-0.4, -0.2) is 35.6 Å². The summed E-state index contributed by atoms with van der Waals surface area (Å²) >= 11 is 0. The Labute approximate surface area is 110 Å². The van der Waals surface area contributed by atoms with E-state index < -0.39 is 0 Å². The third kappa shape index (κ3) is 2.17. The second-order valence-electron chi connectivity index (χ2n) is 5.81. The van der Waals surface area contributed by atoms with Crippen molar-refractivity contribution in [2.45, 2.75) is 32.9 Å². The summed E-state index contributed by atoms with van der Waals surface area (Å²) in [6, 6.07) is 5.09. The smallest absolute Gasteiger partial charge is 0.0544 e. The van der Waals surface area contributed by atoms with Crippen LogP contribution in [0.5, 0.6) is 0 Å². The first-order chi connectivity index (χ1) is 8.78. The van der Waals surface area contributed by atoms with E-state index in [4.69, 9.17) is 0 Å². The monoisotopic (exact) mass is 245 g/mol. The molecule has 0 spiro atoms. The fourth-order valence-corrected chi connectivity index (χ4v) is 3.65. The van der Waals surface area contributed by atoms with Crippen LogP contribution in [0, 0.1) is 18.8 Å². The Morgan fingerprint density at radius 2 is 2.28 bits per heavy atom. The zero-order valence-electron chi connectivity index (χ0n) is 11.4. The molecule has 2 aliphatic rings. The number of nitrogens with one attached hydrogen (secondary N) is 1. The van der Waals surface area contributed by atoms with Crippen molar-refractivity contribution in [2.75, 3.05) is 19.6 Å². The second-order valence-corrected chi connectivity index (χ2v) is 5.81. The number of aryl methyl sites for hydroxylation is 1. The maximum atomic E-state index is 4.55. The Balaban J connectivity index is 1.71. The Morgan fingerprint density at radius 3 is 3.00 bits per heavy atom. The zero-order chi connectivity index (χ0) is 12.5. The lowest BCUT2D eigenvalue weighted by atomic mass is 9.93. The SMILES string of the molecule is CCC1C2CNCC2CN1Cc1ccc(C)cn1. The Hall–Kier alpha value is -0.930. The first-order valence-electron chi connectivity index (χ1n) is 7.14. The van der Waals surface area contributed by atoms with Gasteiger partial charge in [-0.05, 0) is 49.9 Å². The van der Waals surface area contributed by atoms with Crippen LogP contribution in [0.4, 0.5) is 0 Å². The van der Waals surface area contributed by atoms with Crippen LogP contribution in [0.25, 0.3) is 0 Å². The van der Waals surface area contributed by atoms with Crippen molar-refractivity contribution in [1.29, 1.82) is 0 Å². The molecule has 2 aliphatic heterocycles. The molecule has 1 N–H and O–H groups in total. The molecule has 0 amide bonds. The maximum Gasteiger partial charge on any atom is 0.0544 e. The Morgan fingerprint density at radius 1 is 1.39 bits per heavy atom. The van der Waals surface area contributed by atoms with Crippen LogP contribution in [-0.2, 0) is 6.54 Å². The van der Waals surface area contributed by atoms with Gasteiger partial charge in [0.15, 0.2) is 0 Å². The van der Waals surface area contributed by atoms with Gasteiger partial charge in [0.1, 0.15) is 0 Å². The van der Waals surface area contributed by atoms with E-state index in [9.17, 15) is 0 Å². The van der Waals surface area contributed by atoms with Crippen LogP contribution in [0.3, 0.4) is 0 Å². The summed E-state index contributed by atoms with van der Waals surface area (Å²) in [4.78, 5) is 7.19. The van der Waals surface area contributed by atoms with Gasteiger partial charge < -0.3 is 5.32 Å². The number of hydrogen-bond acceptors (Lipinski definition) is 3. The van der Waals surface area contributed by atoms with Crippen LogP contribution in [0.1, 0.15) is 24.6 Å². The van der Waals surface area contributed by atoms with Crippen molar-refractivity contribution in [2.24, 2.45) is 11.8 Å². The molecule has 2 fully saturated rings. The number of fused-ring (bicyclic) bond motifs is 1. The predicted molar refractivity (Wildman–Crippen MR) is 73.3 cm³/mol. The van der Waals surface area contributed by atoms with Crippen molar-refractivity contribution in [3.8, 4) is 0 Å². The van der Waals surface area contributed by atoms with Crippen LogP contribution in [0.2, 0.25) is 0 Å². The quantitative estimate of drug-likeness (QED) is 0.880. The molecule has 0 saturated carbocycles. The van der Waals surface area contributed by atoms with E-state index >= 15 is 0 Å². The molecular formula is C15H23N3. The fraction of sp³-hybridized carbons (Fsp3) is 0.667. The van der Waals surface area contributed by atoms with E-state index in [0.29, 0.717) is 0 Å². The average Bonchev–Trinajstić information content (AvgIpc) is 2.92. The topological polar surface area (TPSA) is 28.2 Å². The third-order valence-electron chi connectivity index (χ3n) is 4.58. The van der Waals surface area contributed by atoms with E-state index in [1.807, 2.05) is 6.20 Å². The molecule has 3 atom stereocenters. The summed E-state index contributed by atoms with van der Waals surface area (Å²) in [5.41, 5.74) is 2.46. The molecule has 0 aliphatic carbocycles. The molecule has 0 aromatic carbocycles. The lowest BCUT2D eigenvalue weighted by Crippen LogP contribution is -2.34. The summed E-state index contributed by atoms with van der Waals surface area (Å²) in [6.45, 7) is 9.09. The lowest BCUT2D eigenvalue weighted by molar-refractivity contribution is 0.208. The van der Waals surface area contributed by atoms with E-state index in [2.05, 4.69) is 41.2 Å². The minimum atomic E-state index is 0.744. The lowest BCUT2D eigenvalue weighted by Gasteiger charge is -2.26. The summed E-state index contributed by atoms with van der Waals surface area (Å²) in [5.74, 6) is 1.72. The standard InChI is InChI=1S/C15H23N3/c1-3-15-14-8-16-7-12(14)9-18(15)10-13-5-4-11(2)6-17-13/h4-6,12,14-16H,3,7-10H2,1-2H3. The molecule has 3 heterocycles. The molecular weight excluding hydrogens is 222 g/mol. The van der Waals surface area contributed by atoms with Gasteiger partial charge in [0.2, 0.25) is 0 Å². The molecule has 3 rings (SSSR count). The van der Waals surface area contributed by atoms with Gasteiger partial charge in [-0.25, -0.2) is 0 Å². The first-order valence-corrected chi connectivity index (χ1v) is 7.14. The van der Waals surface area contributed by atoms with E-state index in [-0.39, 0.29) is 0 Å². The van der Waals surface area contributed by atoms with Gasteiger partial charge in [-0.1, -0.05) is 13.0 Å². The Bertz CT molecular complexity index is 401. The first kappa shape index (κ1) is 12.1. The predicted octanol–water partition coefficient (Wildman–Crippen LogP) is 1.82. The molecule has 3 unspecified atom stereocenters. The number of hydrogen-bond donors (Lipinski definition) is 1. The van der Waals surface area contributed by atoms with Crippen molar-refractivity contribution in [3.05, 3.63) is 29.6 Å². The molecule has 1 aromatic rings. The maximum absolute atomic E-state index is 4.55. The summed E-state index contributed by atoms with van der Waals surface area (Å²) in [6.07, 6.45) is 3.24. The van der Waals surface area contributed by atoms with E-state index in [1.165, 1.54) is 37.3 Å². The van der Waals surface area contributed by atoms with Crippen LogP contribution < -0.4 is 5.32 Å². The van der Waals surface area contributed by atoms with Crippen molar-refractivity contribution >= 4 is 0 Å². The molecule has 98 valence electrons. The highest BCUT2D eigenvalue weighted by atomic mass is 15.2. The average molecular weight is 245 g/mol. The largest absolute Gasteiger partial charge is 0.316 e. The minimum absolute atomic E-state index is 0.744. The number of likely N-dealkylation sites (tertiary alicyclic amines) is 1. The molecule has 0 radical (unpaired) electrons. The van der Waals surface area contributed by atoms with Gasteiger partial charge in [0.25, 0.3) is 0 Å². The number of rotatable bonds is 3. The van der Waals surface area contributed by atoms with Gasteiger partial charge in [0.05, 0.1) is 5.69 Å². The van der Waals surface area contributed by atoms with Gasteiger partial charge >= 0.3 is 0 Å². The summed E-state index contributed by atoms with van der Waals surface area (Å²) in [7, 11) is 0. The summed E-state index contributed by atoms with van der Waals surface area (Å²) < 4.78 is 0. The van der Waals surface area contributed by atoms with Crippen molar-refractivity contribution in [1.82, 2.24) is 15.2 Å².